The Hall–Kier alpha value is -1.86. The molecule has 1 heterocycles. The van der Waals surface area contributed by atoms with Gasteiger partial charge >= 0.3 is 0 Å². The summed E-state index contributed by atoms with van der Waals surface area (Å²) in [6, 6.07) is 3.21. The SMILES string of the molecule is C#Cc1ccnc(C(=O)NNC)c1. The molecule has 0 spiro atoms. The number of amides is 1. The minimum atomic E-state index is -0.306. The van der Waals surface area contributed by atoms with E-state index in [1.807, 2.05) is 0 Å². The number of hydrogen-bond donors (Lipinski definition) is 2. The van der Waals surface area contributed by atoms with E-state index in [-0.39, 0.29) is 5.91 Å². The Bertz CT molecular complexity index is 354. The summed E-state index contributed by atoms with van der Waals surface area (Å²) in [7, 11) is 1.60. The summed E-state index contributed by atoms with van der Waals surface area (Å²) in [5, 5.41) is 0. The molecule has 0 aliphatic heterocycles. The van der Waals surface area contributed by atoms with Gasteiger partial charge in [0.25, 0.3) is 5.91 Å². The lowest BCUT2D eigenvalue weighted by Gasteiger charge is -2.01. The third kappa shape index (κ3) is 2.29. The standard InChI is InChI=1S/C9H9N3O/c1-3-7-4-5-11-8(6-7)9(13)12-10-2/h1,4-6,10H,2H3,(H,12,13). The van der Waals surface area contributed by atoms with Crippen molar-refractivity contribution in [2.75, 3.05) is 7.05 Å². The molecule has 1 aromatic rings. The number of carbonyl (C=O) groups is 1. The van der Waals surface area contributed by atoms with Crippen molar-refractivity contribution in [2.45, 2.75) is 0 Å². The van der Waals surface area contributed by atoms with Crippen molar-refractivity contribution < 1.29 is 4.79 Å². The molecule has 4 nitrogen and oxygen atoms in total. The highest BCUT2D eigenvalue weighted by Crippen LogP contribution is 1.99. The maximum Gasteiger partial charge on any atom is 0.283 e. The highest BCUT2D eigenvalue weighted by Gasteiger charge is 2.04. The summed E-state index contributed by atoms with van der Waals surface area (Å²) in [5.74, 6) is 2.12. The fraction of sp³-hybridized carbons (Fsp3) is 0.111. The van der Waals surface area contributed by atoms with E-state index in [0.717, 1.165) is 0 Å². The number of pyridine rings is 1. The van der Waals surface area contributed by atoms with Gasteiger partial charge in [0.15, 0.2) is 0 Å². The van der Waals surface area contributed by atoms with E-state index in [2.05, 4.69) is 21.8 Å². The third-order valence-corrected chi connectivity index (χ3v) is 1.40. The van der Waals surface area contributed by atoms with E-state index in [4.69, 9.17) is 6.42 Å². The van der Waals surface area contributed by atoms with Crippen LogP contribution in [0.4, 0.5) is 0 Å². The van der Waals surface area contributed by atoms with Crippen LogP contribution in [0.2, 0.25) is 0 Å². The fourth-order valence-corrected chi connectivity index (χ4v) is 0.822. The summed E-state index contributed by atoms with van der Waals surface area (Å²) in [5.41, 5.74) is 5.84. The predicted octanol–water partition coefficient (Wildman–Crippen LogP) is -0.0729. The fourth-order valence-electron chi connectivity index (χ4n) is 0.822. The second-order valence-electron chi connectivity index (χ2n) is 2.28. The van der Waals surface area contributed by atoms with E-state index in [1.54, 1.807) is 19.2 Å². The number of rotatable bonds is 2. The first-order valence-electron chi connectivity index (χ1n) is 3.67. The lowest BCUT2D eigenvalue weighted by molar-refractivity contribution is 0.0933. The zero-order chi connectivity index (χ0) is 9.68. The van der Waals surface area contributed by atoms with Gasteiger partial charge in [-0.15, -0.1) is 6.42 Å². The van der Waals surface area contributed by atoms with Crippen molar-refractivity contribution in [3.05, 3.63) is 29.6 Å². The number of aromatic nitrogens is 1. The Labute approximate surface area is 76.3 Å². The van der Waals surface area contributed by atoms with Gasteiger partial charge in [-0.25, -0.2) is 5.43 Å². The maximum atomic E-state index is 11.2. The molecule has 13 heavy (non-hydrogen) atoms. The Morgan fingerprint density at radius 1 is 1.69 bits per heavy atom. The Balaban J connectivity index is 2.90. The number of hydrazine groups is 1. The Morgan fingerprint density at radius 3 is 3.08 bits per heavy atom. The summed E-state index contributed by atoms with van der Waals surface area (Å²) < 4.78 is 0. The first-order chi connectivity index (χ1) is 6.27. The highest BCUT2D eigenvalue weighted by molar-refractivity contribution is 5.92. The molecule has 1 amide bonds. The third-order valence-electron chi connectivity index (χ3n) is 1.40. The van der Waals surface area contributed by atoms with Gasteiger partial charge in [0, 0.05) is 18.8 Å². The molecule has 66 valence electrons. The monoisotopic (exact) mass is 175 g/mol. The average Bonchev–Trinajstić information content (AvgIpc) is 2.18. The molecule has 0 unspecified atom stereocenters. The zero-order valence-corrected chi connectivity index (χ0v) is 7.16. The average molecular weight is 175 g/mol. The molecule has 0 saturated heterocycles. The number of nitrogens with one attached hydrogen (secondary N) is 2. The van der Waals surface area contributed by atoms with Crippen molar-refractivity contribution >= 4 is 5.91 Å². The molecule has 0 aliphatic carbocycles. The van der Waals surface area contributed by atoms with E-state index in [9.17, 15) is 4.79 Å². The van der Waals surface area contributed by atoms with Crippen LogP contribution in [-0.4, -0.2) is 17.9 Å². The summed E-state index contributed by atoms with van der Waals surface area (Å²) in [4.78, 5) is 15.1. The second kappa shape index (κ2) is 4.24. The minimum Gasteiger partial charge on any atom is -0.286 e. The summed E-state index contributed by atoms with van der Waals surface area (Å²) >= 11 is 0. The van der Waals surface area contributed by atoms with E-state index >= 15 is 0 Å². The van der Waals surface area contributed by atoms with E-state index in [0.29, 0.717) is 11.3 Å². The molecular formula is C9H9N3O. The Kier molecular flexibility index (Phi) is 3.01. The normalized spacial score (nSPS) is 8.92. The van der Waals surface area contributed by atoms with Crippen LogP contribution in [0, 0.1) is 12.3 Å². The largest absolute Gasteiger partial charge is 0.286 e. The lowest BCUT2D eigenvalue weighted by atomic mass is 10.2. The first kappa shape index (κ1) is 9.23. The molecule has 0 radical (unpaired) electrons. The van der Waals surface area contributed by atoms with Crippen molar-refractivity contribution in [1.29, 1.82) is 0 Å². The molecule has 0 atom stereocenters. The maximum absolute atomic E-state index is 11.2. The molecule has 0 aliphatic rings. The molecule has 0 fully saturated rings. The lowest BCUT2D eigenvalue weighted by Crippen LogP contribution is -2.34. The van der Waals surface area contributed by atoms with E-state index in [1.165, 1.54) is 6.20 Å². The van der Waals surface area contributed by atoms with Gasteiger partial charge < -0.3 is 0 Å². The molecule has 1 rings (SSSR count). The number of terminal acetylenes is 1. The van der Waals surface area contributed by atoms with Crippen LogP contribution in [0.1, 0.15) is 16.1 Å². The van der Waals surface area contributed by atoms with Crippen molar-refractivity contribution in [2.24, 2.45) is 0 Å². The van der Waals surface area contributed by atoms with Gasteiger partial charge in [-0.3, -0.25) is 15.2 Å². The van der Waals surface area contributed by atoms with Crippen molar-refractivity contribution in [3.8, 4) is 12.3 Å². The zero-order valence-electron chi connectivity index (χ0n) is 7.16. The van der Waals surface area contributed by atoms with Gasteiger partial charge in [-0.1, -0.05) is 5.92 Å². The molecule has 0 aromatic carbocycles. The minimum absolute atomic E-state index is 0.296. The van der Waals surface area contributed by atoms with Crippen LogP contribution >= 0.6 is 0 Å². The summed E-state index contributed by atoms with van der Waals surface area (Å²) in [6.07, 6.45) is 6.67. The topological polar surface area (TPSA) is 54.0 Å². The molecular weight excluding hydrogens is 166 g/mol. The van der Waals surface area contributed by atoms with Crippen LogP contribution in [0.25, 0.3) is 0 Å². The molecule has 2 N–H and O–H groups in total. The van der Waals surface area contributed by atoms with Crippen LogP contribution in [-0.2, 0) is 0 Å². The number of hydrogen-bond acceptors (Lipinski definition) is 3. The van der Waals surface area contributed by atoms with Gasteiger partial charge in [-0.05, 0) is 12.1 Å². The van der Waals surface area contributed by atoms with Gasteiger partial charge in [0.1, 0.15) is 5.69 Å². The summed E-state index contributed by atoms with van der Waals surface area (Å²) in [6.45, 7) is 0. The Morgan fingerprint density at radius 2 is 2.46 bits per heavy atom. The van der Waals surface area contributed by atoms with Crippen LogP contribution in [0.5, 0.6) is 0 Å². The molecule has 1 aromatic heterocycles. The van der Waals surface area contributed by atoms with Gasteiger partial charge in [0.05, 0.1) is 0 Å². The van der Waals surface area contributed by atoms with Crippen molar-refractivity contribution in [1.82, 2.24) is 15.8 Å². The van der Waals surface area contributed by atoms with Crippen LogP contribution in [0.15, 0.2) is 18.3 Å². The number of nitrogens with zero attached hydrogens (tertiary/aromatic N) is 1. The van der Waals surface area contributed by atoms with Gasteiger partial charge in [0.2, 0.25) is 0 Å². The van der Waals surface area contributed by atoms with Crippen molar-refractivity contribution in [3.63, 3.8) is 0 Å². The van der Waals surface area contributed by atoms with Gasteiger partial charge in [-0.2, -0.15) is 0 Å². The quantitative estimate of drug-likeness (QED) is 0.488. The van der Waals surface area contributed by atoms with Crippen LogP contribution < -0.4 is 10.9 Å². The molecule has 4 heteroatoms. The van der Waals surface area contributed by atoms with Crippen LogP contribution in [0.3, 0.4) is 0 Å². The molecule has 0 saturated carbocycles. The second-order valence-corrected chi connectivity index (χ2v) is 2.28. The van der Waals surface area contributed by atoms with E-state index < -0.39 is 0 Å². The molecule has 0 bridgehead atoms. The number of carbonyl (C=O) groups excluding carboxylic acids is 1. The predicted molar refractivity (Wildman–Crippen MR) is 48.7 cm³/mol. The highest BCUT2D eigenvalue weighted by atomic mass is 16.2. The smallest absolute Gasteiger partial charge is 0.283 e. The first-order valence-corrected chi connectivity index (χ1v) is 3.67.